The van der Waals surface area contributed by atoms with Crippen LogP contribution in [0, 0.1) is 11.7 Å². The highest BCUT2D eigenvalue weighted by Gasteiger charge is 2.14. The zero-order valence-electron chi connectivity index (χ0n) is 10.5. The molecule has 2 rings (SSSR count). The average Bonchev–Trinajstić information content (AvgIpc) is 2.34. The molecule has 94 valence electrons. The van der Waals surface area contributed by atoms with Crippen molar-refractivity contribution in [3.05, 3.63) is 30.1 Å². The molecule has 0 radical (unpaired) electrons. The molecule has 1 aliphatic rings. The second kappa shape index (κ2) is 6.01. The van der Waals surface area contributed by atoms with Gasteiger partial charge in [0.25, 0.3) is 0 Å². The Morgan fingerprint density at radius 2 is 2.00 bits per heavy atom. The zero-order valence-corrected chi connectivity index (χ0v) is 10.5. The maximum atomic E-state index is 13.3. The van der Waals surface area contributed by atoms with Gasteiger partial charge in [0.1, 0.15) is 5.82 Å². The van der Waals surface area contributed by atoms with E-state index < -0.39 is 0 Å². The summed E-state index contributed by atoms with van der Waals surface area (Å²) in [5.74, 6) is 0.700. The number of anilines is 1. The van der Waals surface area contributed by atoms with Gasteiger partial charge in [-0.25, -0.2) is 4.39 Å². The highest BCUT2D eigenvalue weighted by atomic mass is 19.1. The second-order valence-electron chi connectivity index (χ2n) is 4.93. The van der Waals surface area contributed by atoms with Gasteiger partial charge in [-0.2, -0.15) is 0 Å². The van der Waals surface area contributed by atoms with Crippen molar-refractivity contribution >= 4 is 5.69 Å². The van der Waals surface area contributed by atoms with Crippen LogP contribution in [0.4, 0.5) is 10.1 Å². The van der Waals surface area contributed by atoms with Gasteiger partial charge in [-0.1, -0.05) is 19.1 Å². The molecule has 1 N–H and O–H groups in total. The zero-order chi connectivity index (χ0) is 12.1. The SMILES string of the molecule is CC1CCN(CCNc2ccccc2F)CC1. The maximum absolute atomic E-state index is 13.3. The summed E-state index contributed by atoms with van der Waals surface area (Å²) in [5.41, 5.74) is 0.609. The normalized spacial score (nSPS) is 18.2. The summed E-state index contributed by atoms with van der Waals surface area (Å²) < 4.78 is 13.3. The van der Waals surface area contributed by atoms with Gasteiger partial charge in [-0.15, -0.1) is 0 Å². The Hall–Kier alpha value is -1.09. The topological polar surface area (TPSA) is 15.3 Å². The van der Waals surface area contributed by atoms with Crippen molar-refractivity contribution in [3.63, 3.8) is 0 Å². The maximum Gasteiger partial charge on any atom is 0.146 e. The van der Waals surface area contributed by atoms with Gasteiger partial charge >= 0.3 is 0 Å². The van der Waals surface area contributed by atoms with E-state index in [0.29, 0.717) is 5.69 Å². The standard InChI is InChI=1S/C14H21FN2/c1-12-6-9-17(10-7-12)11-8-16-14-5-3-2-4-13(14)15/h2-5,12,16H,6-11H2,1H3. The van der Waals surface area contributed by atoms with Crippen molar-refractivity contribution in [1.29, 1.82) is 0 Å². The van der Waals surface area contributed by atoms with E-state index in [4.69, 9.17) is 0 Å². The second-order valence-corrected chi connectivity index (χ2v) is 4.93. The Morgan fingerprint density at radius 1 is 1.29 bits per heavy atom. The van der Waals surface area contributed by atoms with Gasteiger partial charge in [-0.3, -0.25) is 0 Å². The lowest BCUT2D eigenvalue weighted by Crippen LogP contribution is -2.36. The first-order valence-corrected chi connectivity index (χ1v) is 6.46. The van der Waals surface area contributed by atoms with Crippen LogP contribution >= 0.6 is 0 Å². The third-order valence-electron chi connectivity index (χ3n) is 3.49. The third kappa shape index (κ3) is 3.70. The monoisotopic (exact) mass is 236 g/mol. The third-order valence-corrected chi connectivity index (χ3v) is 3.49. The van der Waals surface area contributed by atoms with Crippen molar-refractivity contribution in [1.82, 2.24) is 4.90 Å². The molecule has 1 aliphatic heterocycles. The predicted octanol–water partition coefficient (Wildman–Crippen LogP) is 2.97. The van der Waals surface area contributed by atoms with Crippen molar-refractivity contribution in [2.24, 2.45) is 5.92 Å². The number of hydrogen-bond donors (Lipinski definition) is 1. The number of halogens is 1. The highest BCUT2D eigenvalue weighted by molar-refractivity contribution is 5.44. The first kappa shape index (κ1) is 12.4. The molecule has 1 heterocycles. The first-order chi connectivity index (χ1) is 8.25. The molecule has 0 aliphatic carbocycles. The molecule has 17 heavy (non-hydrogen) atoms. The molecule has 0 spiro atoms. The van der Waals surface area contributed by atoms with E-state index in [2.05, 4.69) is 17.1 Å². The number of para-hydroxylation sites is 1. The number of likely N-dealkylation sites (tertiary alicyclic amines) is 1. The smallest absolute Gasteiger partial charge is 0.146 e. The molecule has 0 amide bonds. The minimum Gasteiger partial charge on any atom is -0.381 e. The van der Waals surface area contributed by atoms with Crippen molar-refractivity contribution in [3.8, 4) is 0 Å². The van der Waals surface area contributed by atoms with Crippen LogP contribution in [0.5, 0.6) is 0 Å². The quantitative estimate of drug-likeness (QED) is 0.864. The lowest BCUT2D eigenvalue weighted by molar-refractivity contribution is 0.199. The Bertz CT molecular complexity index is 346. The van der Waals surface area contributed by atoms with Crippen LogP contribution in [0.25, 0.3) is 0 Å². The number of hydrogen-bond acceptors (Lipinski definition) is 2. The fourth-order valence-electron chi connectivity index (χ4n) is 2.24. The minimum atomic E-state index is -0.167. The summed E-state index contributed by atoms with van der Waals surface area (Å²) in [5, 5.41) is 3.15. The van der Waals surface area contributed by atoms with Crippen LogP contribution in [0.2, 0.25) is 0 Å². The van der Waals surface area contributed by atoms with Gasteiger partial charge in [0.05, 0.1) is 5.69 Å². The summed E-state index contributed by atoms with van der Waals surface area (Å²) in [6.45, 7) is 6.49. The first-order valence-electron chi connectivity index (χ1n) is 6.46. The van der Waals surface area contributed by atoms with E-state index in [0.717, 1.165) is 19.0 Å². The predicted molar refractivity (Wildman–Crippen MR) is 69.7 cm³/mol. The van der Waals surface area contributed by atoms with Crippen LogP contribution in [0.15, 0.2) is 24.3 Å². The van der Waals surface area contributed by atoms with Gasteiger partial charge in [-0.05, 0) is 44.0 Å². The lowest BCUT2D eigenvalue weighted by atomic mass is 9.99. The molecule has 0 aromatic heterocycles. The van der Waals surface area contributed by atoms with Crippen LogP contribution in [0.3, 0.4) is 0 Å². The Morgan fingerprint density at radius 3 is 2.71 bits per heavy atom. The Balaban J connectivity index is 1.71. The van der Waals surface area contributed by atoms with Crippen molar-refractivity contribution in [2.45, 2.75) is 19.8 Å². The molecular weight excluding hydrogens is 215 g/mol. The number of nitrogens with zero attached hydrogens (tertiary/aromatic N) is 1. The molecule has 0 atom stereocenters. The van der Waals surface area contributed by atoms with Crippen molar-refractivity contribution in [2.75, 3.05) is 31.5 Å². The molecule has 1 fully saturated rings. The van der Waals surface area contributed by atoms with Crippen LogP contribution in [-0.4, -0.2) is 31.1 Å². The molecule has 3 heteroatoms. The summed E-state index contributed by atoms with van der Waals surface area (Å²) in [7, 11) is 0. The summed E-state index contributed by atoms with van der Waals surface area (Å²) in [6.07, 6.45) is 2.58. The van der Waals surface area contributed by atoms with E-state index >= 15 is 0 Å². The van der Waals surface area contributed by atoms with Gasteiger partial charge < -0.3 is 10.2 Å². The van der Waals surface area contributed by atoms with Crippen LogP contribution in [0.1, 0.15) is 19.8 Å². The summed E-state index contributed by atoms with van der Waals surface area (Å²) in [4.78, 5) is 2.45. The lowest BCUT2D eigenvalue weighted by Gasteiger charge is -2.30. The molecule has 1 saturated heterocycles. The Labute approximate surface area is 103 Å². The van der Waals surface area contributed by atoms with Crippen molar-refractivity contribution < 1.29 is 4.39 Å². The average molecular weight is 236 g/mol. The number of benzene rings is 1. The molecule has 1 aromatic rings. The summed E-state index contributed by atoms with van der Waals surface area (Å²) in [6, 6.07) is 6.85. The number of nitrogens with one attached hydrogen (secondary N) is 1. The van der Waals surface area contributed by atoms with Gasteiger partial charge in [0.2, 0.25) is 0 Å². The van der Waals surface area contributed by atoms with Gasteiger partial charge in [0, 0.05) is 13.1 Å². The van der Waals surface area contributed by atoms with E-state index in [1.165, 1.54) is 32.0 Å². The molecule has 0 saturated carbocycles. The van der Waals surface area contributed by atoms with Crippen LogP contribution < -0.4 is 5.32 Å². The highest BCUT2D eigenvalue weighted by Crippen LogP contribution is 2.16. The summed E-state index contributed by atoms with van der Waals surface area (Å²) >= 11 is 0. The molecule has 0 bridgehead atoms. The van der Waals surface area contributed by atoms with Gasteiger partial charge in [0.15, 0.2) is 0 Å². The number of rotatable bonds is 4. The number of piperidine rings is 1. The molecular formula is C14H21FN2. The van der Waals surface area contributed by atoms with E-state index in [1.54, 1.807) is 12.1 Å². The molecule has 1 aromatic carbocycles. The minimum absolute atomic E-state index is 0.167. The van der Waals surface area contributed by atoms with Crippen LogP contribution in [-0.2, 0) is 0 Å². The fourth-order valence-corrected chi connectivity index (χ4v) is 2.24. The van der Waals surface area contributed by atoms with E-state index in [9.17, 15) is 4.39 Å². The largest absolute Gasteiger partial charge is 0.381 e. The molecule has 2 nitrogen and oxygen atoms in total. The van der Waals surface area contributed by atoms with E-state index in [-0.39, 0.29) is 5.82 Å². The Kier molecular flexibility index (Phi) is 4.37. The fraction of sp³-hybridized carbons (Fsp3) is 0.571. The van der Waals surface area contributed by atoms with E-state index in [1.807, 2.05) is 6.07 Å². The molecule has 0 unspecified atom stereocenters.